The maximum atomic E-state index is 3.78. The predicted octanol–water partition coefficient (Wildman–Crippen LogP) is 2.12. The van der Waals surface area contributed by atoms with Gasteiger partial charge in [0.1, 0.15) is 0 Å². The minimum Gasteiger partial charge on any atom is -0.312 e. The molecular formula is C11H17N. The highest BCUT2D eigenvalue weighted by Gasteiger charge is 2.27. The molecule has 0 aromatic carbocycles. The first-order valence-corrected chi connectivity index (χ1v) is 4.92. The highest BCUT2D eigenvalue weighted by molar-refractivity contribution is 5.18. The van der Waals surface area contributed by atoms with Crippen LogP contribution < -0.4 is 5.32 Å². The Balaban J connectivity index is 1.97. The number of hydrogen-bond acceptors (Lipinski definition) is 1. The molecule has 1 heterocycles. The minimum absolute atomic E-state index is 0.715. The Kier molecular flexibility index (Phi) is 2.31. The lowest BCUT2D eigenvalue weighted by molar-refractivity contribution is 0.538. The zero-order valence-corrected chi connectivity index (χ0v) is 7.55. The van der Waals surface area contributed by atoms with Crippen molar-refractivity contribution in [1.29, 1.82) is 0 Å². The average molecular weight is 163 g/mol. The molecule has 0 radical (unpaired) electrons. The Hall–Kier alpha value is -0.560. The molecule has 1 saturated carbocycles. The summed E-state index contributed by atoms with van der Waals surface area (Å²) in [6, 6.07) is 0. The van der Waals surface area contributed by atoms with Crippen molar-refractivity contribution in [2.45, 2.75) is 19.3 Å². The molecule has 1 heteroatoms. The fourth-order valence-corrected chi connectivity index (χ4v) is 1.92. The Labute approximate surface area is 74.5 Å². The zero-order valence-electron chi connectivity index (χ0n) is 7.55. The number of nitrogens with one attached hydrogen (secondary N) is 1. The quantitative estimate of drug-likeness (QED) is 0.628. The van der Waals surface area contributed by atoms with Crippen molar-refractivity contribution in [3.05, 3.63) is 24.3 Å². The van der Waals surface area contributed by atoms with E-state index in [4.69, 9.17) is 0 Å². The van der Waals surface area contributed by atoms with Crippen LogP contribution in [-0.2, 0) is 0 Å². The smallest absolute Gasteiger partial charge is 0.0167 e. The van der Waals surface area contributed by atoms with Gasteiger partial charge in [0.25, 0.3) is 0 Å². The second-order valence-electron chi connectivity index (χ2n) is 3.93. The van der Waals surface area contributed by atoms with Crippen molar-refractivity contribution in [2.24, 2.45) is 11.8 Å². The van der Waals surface area contributed by atoms with Crippen molar-refractivity contribution in [3.63, 3.8) is 0 Å². The van der Waals surface area contributed by atoms with Gasteiger partial charge in [-0.3, -0.25) is 0 Å². The summed E-state index contributed by atoms with van der Waals surface area (Å²) in [7, 11) is 0. The van der Waals surface area contributed by atoms with E-state index < -0.39 is 0 Å². The van der Waals surface area contributed by atoms with Crippen molar-refractivity contribution in [3.8, 4) is 0 Å². The van der Waals surface area contributed by atoms with E-state index in [1.165, 1.54) is 12.8 Å². The van der Waals surface area contributed by atoms with E-state index in [9.17, 15) is 0 Å². The molecule has 0 bridgehead atoms. The summed E-state index contributed by atoms with van der Waals surface area (Å²) < 4.78 is 0. The maximum Gasteiger partial charge on any atom is 0.0167 e. The summed E-state index contributed by atoms with van der Waals surface area (Å²) in [6.45, 7) is 6.06. The van der Waals surface area contributed by atoms with E-state index >= 15 is 0 Å². The van der Waals surface area contributed by atoms with Crippen LogP contribution in [0.15, 0.2) is 24.3 Å². The highest BCUT2D eigenvalue weighted by Crippen LogP contribution is 2.37. The summed E-state index contributed by atoms with van der Waals surface area (Å²) in [6.07, 6.45) is 8.49. The third-order valence-electron chi connectivity index (χ3n) is 2.76. The molecule has 0 aromatic rings. The van der Waals surface area contributed by atoms with Crippen LogP contribution >= 0.6 is 0 Å². The fourth-order valence-electron chi connectivity index (χ4n) is 1.92. The van der Waals surface area contributed by atoms with Gasteiger partial charge >= 0.3 is 0 Å². The molecule has 1 aliphatic carbocycles. The first-order chi connectivity index (χ1) is 5.90. The van der Waals surface area contributed by atoms with Crippen LogP contribution in [0.2, 0.25) is 0 Å². The van der Waals surface area contributed by atoms with E-state index in [1.54, 1.807) is 5.57 Å². The molecular weight excluding hydrogens is 146 g/mol. The molecule has 66 valence electrons. The topological polar surface area (TPSA) is 12.0 Å². The second kappa shape index (κ2) is 3.44. The SMILES string of the molecule is C=CCC1C=C(C2CC2)CNC1. The number of rotatable bonds is 3. The van der Waals surface area contributed by atoms with Gasteiger partial charge in [-0.15, -0.1) is 6.58 Å². The van der Waals surface area contributed by atoms with Crippen LogP contribution in [0.1, 0.15) is 19.3 Å². The van der Waals surface area contributed by atoms with Gasteiger partial charge in [-0.2, -0.15) is 0 Å². The van der Waals surface area contributed by atoms with Gasteiger partial charge in [0.05, 0.1) is 0 Å². The van der Waals surface area contributed by atoms with Crippen LogP contribution in [0.3, 0.4) is 0 Å². The summed E-state index contributed by atoms with van der Waals surface area (Å²) in [4.78, 5) is 0. The Morgan fingerprint density at radius 2 is 2.42 bits per heavy atom. The first-order valence-electron chi connectivity index (χ1n) is 4.92. The molecule has 0 saturated heterocycles. The lowest BCUT2D eigenvalue weighted by Crippen LogP contribution is -2.29. The van der Waals surface area contributed by atoms with E-state index in [0.717, 1.165) is 25.4 Å². The number of allylic oxidation sites excluding steroid dienone is 1. The minimum atomic E-state index is 0.715. The van der Waals surface area contributed by atoms with Crippen molar-refractivity contribution >= 4 is 0 Å². The Morgan fingerprint density at radius 3 is 3.08 bits per heavy atom. The first kappa shape index (κ1) is 8.06. The van der Waals surface area contributed by atoms with Gasteiger partial charge in [-0.1, -0.05) is 17.7 Å². The van der Waals surface area contributed by atoms with Crippen LogP contribution in [0.5, 0.6) is 0 Å². The largest absolute Gasteiger partial charge is 0.312 e. The van der Waals surface area contributed by atoms with Crippen LogP contribution in [0, 0.1) is 11.8 Å². The molecule has 2 aliphatic rings. The van der Waals surface area contributed by atoms with Crippen molar-refractivity contribution in [1.82, 2.24) is 5.32 Å². The van der Waals surface area contributed by atoms with Gasteiger partial charge in [0.2, 0.25) is 0 Å². The average Bonchev–Trinajstić information content (AvgIpc) is 2.88. The highest BCUT2D eigenvalue weighted by atomic mass is 14.9. The molecule has 1 N–H and O–H groups in total. The summed E-state index contributed by atoms with van der Waals surface area (Å²) >= 11 is 0. The summed E-state index contributed by atoms with van der Waals surface area (Å²) in [5.41, 5.74) is 1.66. The molecule has 1 nitrogen and oxygen atoms in total. The molecule has 0 aromatic heterocycles. The molecule has 2 rings (SSSR count). The number of hydrogen-bond donors (Lipinski definition) is 1. The van der Waals surface area contributed by atoms with E-state index in [2.05, 4.69) is 18.0 Å². The Bertz CT molecular complexity index is 201. The molecule has 0 spiro atoms. The lowest BCUT2D eigenvalue weighted by Gasteiger charge is -2.21. The van der Waals surface area contributed by atoms with Gasteiger partial charge in [0, 0.05) is 13.1 Å². The van der Waals surface area contributed by atoms with Gasteiger partial charge < -0.3 is 5.32 Å². The molecule has 1 atom stereocenters. The summed E-state index contributed by atoms with van der Waals surface area (Å²) in [5.74, 6) is 1.65. The maximum absolute atomic E-state index is 3.78. The van der Waals surface area contributed by atoms with E-state index in [1.807, 2.05) is 6.08 Å². The van der Waals surface area contributed by atoms with Crippen molar-refractivity contribution in [2.75, 3.05) is 13.1 Å². The monoisotopic (exact) mass is 163 g/mol. The zero-order chi connectivity index (χ0) is 8.39. The normalized spacial score (nSPS) is 29.7. The molecule has 0 amide bonds. The standard InChI is InChI=1S/C11H17N/c1-2-3-9-6-11(8-12-7-9)10-4-5-10/h2,6,9-10,12H,1,3-5,7-8H2. The van der Waals surface area contributed by atoms with E-state index in [-0.39, 0.29) is 0 Å². The van der Waals surface area contributed by atoms with Gasteiger partial charge in [-0.05, 0) is 31.1 Å². The molecule has 12 heavy (non-hydrogen) atoms. The van der Waals surface area contributed by atoms with Gasteiger partial charge in [0.15, 0.2) is 0 Å². The van der Waals surface area contributed by atoms with Crippen LogP contribution in [-0.4, -0.2) is 13.1 Å². The molecule has 1 fully saturated rings. The lowest BCUT2D eigenvalue weighted by atomic mass is 9.96. The molecule has 1 unspecified atom stereocenters. The van der Waals surface area contributed by atoms with Crippen LogP contribution in [0.4, 0.5) is 0 Å². The van der Waals surface area contributed by atoms with Crippen LogP contribution in [0.25, 0.3) is 0 Å². The second-order valence-corrected chi connectivity index (χ2v) is 3.93. The van der Waals surface area contributed by atoms with Gasteiger partial charge in [-0.25, -0.2) is 0 Å². The fraction of sp³-hybridized carbons (Fsp3) is 0.636. The third-order valence-corrected chi connectivity index (χ3v) is 2.76. The summed E-state index contributed by atoms with van der Waals surface area (Å²) in [5, 5.41) is 3.48. The van der Waals surface area contributed by atoms with E-state index in [0.29, 0.717) is 5.92 Å². The third kappa shape index (κ3) is 1.78. The predicted molar refractivity (Wildman–Crippen MR) is 52.0 cm³/mol. The Morgan fingerprint density at radius 1 is 1.58 bits per heavy atom. The van der Waals surface area contributed by atoms with Crippen molar-refractivity contribution < 1.29 is 0 Å². The molecule has 1 aliphatic heterocycles.